The number of hydrogen-bond acceptors (Lipinski definition) is 3. The quantitative estimate of drug-likeness (QED) is 0.636. The molecule has 0 aromatic heterocycles. The Bertz CT molecular complexity index is 332. The summed E-state index contributed by atoms with van der Waals surface area (Å²) in [5.41, 5.74) is 0. The van der Waals surface area contributed by atoms with Crippen molar-refractivity contribution in [1.82, 2.24) is 10.2 Å². The maximum absolute atomic E-state index is 11.8. The summed E-state index contributed by atoms with van der Waals surface area (Å²) in [5, 5.41) is 21.0. The standard InChI is InChI=1S/C12H20N2O4/c1-3-4-9(11(16)17)13-12(18)14-6-5-8(2)10(15)7-14/h3,8-10,15H,1,4-7H2,2H3,(H,13,18)(H,16,17). The SMILES string of the molecule is C=CCC(NC(=O)N1CCC(C)C(O)C1)C(=O)O. The molecule has 6 heteroatoms. The molecule has 1 fully saturated rings. The van der Waals surface area contributed by atoms with E-state index in [1.165, 1.54) is 11.0 Å². The first kappa shape index (κ1) is 14.5. The highest BCUT2D eigenvalue weighted by molar-refractivity contribution is 5.82. The van der Waals surface area contributed by atoms with Crippen molar-refractivity contribution >= 4 is 12.0 Å². The highest BCUT2D eigenvalue weighted by Gasteiger charge is 2.29. The van der Waals surface area contributed by atoms with E-state index in [0.29, 0.717) is 13.0 Å². The van der Waals surface area contributed by atoms with Gasteiger partial charge in [-0.05, 0) is 18.8 Å². The summed E-state index contributed by atoms with van der Waals surface area (Å²) >= 11 is 0. The first-order chi connectivity index (χ1) is 8.45. The van der Waals surface area contributed by atoms with Crippen LogP contribution in [0.25, 0.3) is 0 Å². The van der Waals surface area contributed by atoms with E-state index in [-0.39, 0.29) is 18.9 Å². The van der Waals surface area contributed by atoms with Gasteiger partial charge in [-0.3, -0.25) is 0 Å². The second-order valence-corrected chi connectivity index (χ2v) is 4.64. The molecule has 0 bridgehead atoms. The van der Waals surface area contributed by atoms with Crippen LogP contribution in [0.2, 0.25) is 0 Å². The van der Waals surface area contributed by atoms with Crippen molar-refractivity contribution in [2.75, 3.05) is 13.1 Å². The van der Waals surface area contributed by atoms with E-state index in [1.54, 1.807) is 0 Å². The molecule has 1 heterocycles. The molecule has 1 rings (SSSR count). The highest BCUT2D eigenvalue weighted by Crippen LogP contribution is 2.16. The topological polar surface area (TPSA) is 89.9 Å². The highest BCUT2D eigenvalue weighted by atomic mass is 16.4. The number of carboxylic acids is 1. The van der Waals surface area contributed by atoms with Crippen LogP contribution in [-0.4, -0.2) is 52.3 Å². The van der Waals surface area contributed by atoms with Gasteiger partial charge in [0, 0.05) is 13.1 Å². The maximum Gasteiger partial charge on any atom is 0.326 e. The van der Waals surface area contributed by atoms with Gasteiger partial charge >= 0.3 is 12.0 Å². The number of nitrogens with zero attached hydrogens (tertiary/aromatic N) is 1. The van der Waals surface area contributed by atoms with Crippen molar-refractivity contribution in [2.24, 2.45) is 5.92 Å². The van der Waals surface area contributed by atoms with Crippen LogP contribution >= 0.6 is 0 Å². The monoisotopic (exact) mass is 256 g/mol. The maximum atomic E-state index is 11.8. The number of piperidine rings is 1. The van der Waals surface area contributed by atoms with Crippen LogP contribution < -0.4 is 5.32 Å². The molecule has 6 nitrogen and oxygen atoms in total. The second-order valence-electron chi connectivity index (χ2n) is 4.64. The van der Waals surface area contributed by atoms with Gasteiger partial charge in [0.05, 0.1) is 6.10 Å². The number of rotatable bonds is 4. The van der Waals surface area contributed by atoms with E-state index in [2.05, 4.69) is 11.9 Å². The number of nitrogens with one attached hydrogen (secondary N) is 1. The number of aliphatic hydroxyl groups excluding tert-OH is 1. The minimum absolute atomic E-state index is 0.164. The van der Waals surface area contributed by atoms with Crippen molar-refractivity contribution in [3.8, 4) is 0 Å². The molecule has 2 amide bonds. The fourth-order valence-corrected chi connectivity index (χ4v) is 1.86. The van der Waals surface area contributed by atoms with Crippen LogP contribution in [0.15, 0.2) is 12.7 Å². The van der Waals surface area contributed by atoms with Gasteiger partial charge in [0.1, 0.15) is 6.04 Å². The van der Waals surface area contributed by atoms with Crippen LogP contribution in [0.1, 0.15) is 19.8 Å². The van der Waals surface area contributed by atoms with E-state index in [9.17, 15) is 14.7 Å². The zero-order valence-corrected chi connectivity index (χ0v) is 10.5. The molecular weight excluding hydrogens is 236 g/mol. The van der Waals surface area contributed by atoms with E-state index in [1.807, 2.05) is 6.92 Å². The molecule has 0 radical (unpaired) electrons. The van der Waals surface area contributed by atoms with Gasteiger partial charge < -0.3 is 20.4 Å². The molecule has 0 aromatic carbocycles. The van der Waals surface area contributed by atoms with Crippen LogP contribution in [0.3, 0.4) is 0 Å². The summed E-state index contributed by atoms with van der Waals surface area (Å²) in [6.07, 6.45) is 1.79. The Balaban J connectivity index is 2.54. The van der Waals surface area contributed by atoms with Gasteiger partial charge in [-0.1, -0.05) is 13.0 Å². The van der Waals surface area contributed by atoms with Crippen LogP contribution in [-0.2, 0) is 4.79 Å². The number of amides is 2. The summed E-state index contributed by atoms with van der Waals surface area (Å²) in [6.45, 7) is 6.16. The summed E-state index contributed by atoms with van der Waals surface area (Å²) in [5.74, 6) is -0.924. The minimum atomic E-state index is -1.09. The predicted molar refractivity (Wildman–Crippen MR) is 66.1 cm³/mol. The Hall–Kier alpha value is -1.56. The van der Waals surface area contributed by atoms with Crippen LogP contribution in [0.4, 0.5) is 4.79 Å². The molecule has 0 saturated carbocycles. The van der Waals surface area contributed by atoms with Crippen molar-refractivity contribution in [3.63, 3.8) is 0 Å². The number of hydrogen-bond donors (Lipinski definition) is 3. The predicted octanol–water partition coefficient (Wildman–Crippen LogP) is 0.428. The Labute approximate surface area is 106 Å². The van der Waals surface area contributed by atoms with Gasteiger partial charge in [-0.15, -0.1) is 6.58 Å². The number of likely N-dealkylation sites (tertiary alicyclic amines) is 1. The molecule has 18 heavy (non-hydrogen) atoms. The lowest BCUT2D eigenvalue weighted by atomic mass is 9.96. The Morgan fingerprint density at radius 2 is 2.28 bits per heavy atom. The van der Waals surface area contributed by atoms with Crippen molar-refractivity contribution in [2.45, 2.75) is 31.9 Å². The summed E-state index contributed by atoms with van der Waals surface area (Å²) in [7, 11) is 0. The average molecular weight is 256 g/mol. The molecule has 1 aliphatic rings. The lowest BCUT2D eigenvalue weighted by molar-refractivity contribution is -0.139. The molecule has 0 aromatic rings. The Morgan fingerprint density at radius 1 is 1.61 bits per heavy atom. The molecular formula is C12H20N2O4. The Morgan fingerprint density at radius 3 is 2.78 bits per heavy atom. The number of urea groups is 1. The zero-order chi connectivity index (χ0) is 13.7. The smallest absolute Gasteiger partial charge is 0.326 e. The average Bonchev–Trinajstić information content (AvgIpc) is 2.31. The molecule has 1 aliphatic heterocycles. The van der Waals surface area contributed by atoms with Gasteiger partial charge in [-0.25, -0.2) is 9.59 Å². The van der Waals surface area contributed by atoms with E-state index >= 15 is 0 Å². The number of carboxylic acid groups (broad SMARTS) is 1. The van der Waals surface area contributed by atoms with E-state index in [4.69, 9.17) is 5.11 Å². The lowest BCUT2D eigenvalue weighted by Crippen LogP contribution is -2.53. The molecule has 0 aliphatic carbocycles. The third-order valence-corrected chi connectivity index (χ3v) is 3.20. The molecule has 1 saturated heterocycles. The van der Waals surface area contributed by atoms with Crippen molar-refractivity contribution in [1.29, 1.82) is 0 Å². The fourth-order valence-electron chi connectivity index (χ4n) is 1.86. The lowest BCUT2D eigenvalue weighted by Gasteiger charge is -2.34. The first-order valence-electron chi connectivity index (χ1n) is 6.03. The number of carbonyl (C=O) groups is 2. The minimum Gasteiger partial charge on any atom is -0.480 e. The Kier molecular flexibility index (Phi) is 5.15. The zero-order valence-electron chi connectivity index (χ0n) is 10.5. The summed E-state index contributed by atoms with van der Waals surface area (Å²) in [4.78, 5) is 24.2. The summed E-state index contributed by atoms with van der Waals surface area (Å²) < 4.78 is 0. The largest absolute Gasteiger partial charge is 0.480 e. The fraction of sp³-hybridized carbons (Fsp3) is 0.667. The first-order valence-corrected chi connectivity index (χ1v) is 6.03. The number of aliphatic carboxylic acids is 1. The van der Waals surface area contributed by atoms with Gasteiger partial charge in [0.15, 0.2) is 0 Å². The van der Waals surface area contributed by atoms with Crippen molar-refractivity contribution < 1.29 is 19.8 Å². The van der Waals surface area contributed by atoms with E-state index < -0.39 is 24.1 Å². The molecule has 0 spiro atoms. The van der Waals surface area contributed by atoms with Gasteiger partial charge in [-0.2, -0.15) is 0 Å². The van der Waals surface area contributed by atoms with Crippen LogP contribution in [0.5, 0.6) is 0 Å². The number of β-amino-alcohol motifs (C(OH)–C–C–N with tert-alkyl or cyclic N) is 1. The third-order valence-electron chi connectivity index (χ3n) is 3.20. The molecule has 102 valence electrons. The van der Waals surface area contributed by atoms with E-state index in [0.717, 1.165) is 0 Å². The van der Waals surface area contributed by atoms with Crippen LogP contribution in [0, 0.1) is 5.92 Å². The van der Waals surface area contributed by atoms with Gasteiger partial charge in [0.2, 0.25) is 0 Å². The number of carbonyl (C=O) groups excluding carboxylic acids is 1. The molecule has 3 unspecified atom stereocenters. The normalized spacial score (nSPS) is 25.3. The second kappa shape index (κ2) is 6.39. The third kappa shape index (κ3) is 3.73. The molecule has 3 atom stereocenters. The number of aliphatic hydroxyl groups is 1. The summed E-state index contributed by atoms with van der Waals surface area (Å²) in [6, 6.07) is -1.42. The molecule has 3 N–H and O–H groups in total. The van der Waals surface area contributed by atoms with Crippen molar-refractivity contribution in [3.05, 3.63) is 12.7 Å². The van der Waals surface area contributed by atoms with Gasteiger partial charge in [0.25, 0.3) is 0 Å².